The van der Waals surface area contributed by atoms with Crippen LogP contribution in [0.25, 0.3) is 22.3 Å². The first-order chi connectivity index (χ1) is 9.56. The summed E-state index contributed by atoms with van der Waals surface area (Å²) >= 11 is 4.93. The molecule has 0 aliphatic rings. The molecule has 2 heterocycles. The molecule has 0 saturated carbocycles. The highest BCUT2D eigenvalue weighted by Gasteiger charge is 2.15. The fourth-order valence-electron chi connectivity index (χ4n) is 2.00. The van der Waals surface area contributed by atoms with Gasteiger partial charge >= 0.3 is 5.97 Å². The van der Waals surface area contributed by atoms with Crippen molar-refractivity contribution in [2.45, 2.75) is 6.92 Å². The maximum Gasteiger partial charge on any atom is 0.336 e. The number of carbonyl (C=O) groups is 1. The molecule has 0 fully saturated rings. The van der Waals surface area contributed by atoms with Gasteiger partial charge in [-0.05, 0) is 35.0 Å². The van der Waals surface area contributed by atoms with Gasteiger partial charge in [-0.1, -0.05) is 12.1 Å². The Labute approximate surface area is 127 Å². The van der Waals surface area contributed by atoms with Crippen molar-refractivity contribution in [2.24, 2.45) is 0 Å². The lowest BCUT2D eigenvalue weighted by Gasteiger charge is -2.06. The molecular formula is C14H9BrN2O2S. The van der Waals surface area contributed by atoms with Gasteiger partial charge in [-0.15, -0.1) is 11.3 Å². The SMILES string of the molecule is Cc1nc(-c2cc(C(=O)O)c3cccc(Br)c3n2)cs1. The van der Waals surface area contributed by atoms with Gasteiger partial charge in [0, 0.05) is 15.2 Å². The second kappa shape index (κ2) is 4.96. The normalized spacial score (nSPS) is 10.9. The van der Waals surface area contributed by atoms with Gasteiger partial charge in [0.05, 0.1) is 27.5 Å². The maximum atomic E-state index is 11.5. The van der Waals surface area contributed by atoms with Crippen LogP contribution in [0, 0.1) is 6.92 Å². The second-order valence-corrected chi connectivity index (χ2v) is 6.16. The van der Waals surface area contributed by atoms with Crippen molar-refractivity contribution < 1.29 is 9.90 Å². The minimum Gasteiger partial charge on any atom is -0.478 e. The number of rotatable bonds is 2. The van der Waals surface area contributed by atoms with Crippen LogP contribution in [0.5, 0.6) is 0 Å². The van der Waals surface area contributed by atoms with Crippen molar-refractivity contribution in [2.75, 3.05) is 0 Å². The van der Waals surface area contributed by atoms with Crippen molar-refractivity contribution in [1.29, 1.82) is 0 Å². The number of hydrogen-bond donors (Lipinski definition) is 1. The summed E-state index contributed by atoms with van der Waals surface area (Å²) in [6.07, 6.45) is 0. The number of aromatic nitrogens is 2. The van der Waals surface area contributed by atoms with Crippen molar-refractivity contribution in [3.63, 3.8) is 0 Å². The van der Waals surface area contributed by atoms with E-state index in [-0.39, 0.29) is 5.56 Å². The van der Waals surface area contributed by atoms with E-state index < -0.39 is 5.97 Å². The summed E-state index contributed by atoms with van der Waals surface area (Å²) < 4.78 is 0.770. The van der Waals surface area contributed by atoms with E-state index in [1.54, 1.807) is 18.2 Å². The highest BCUT2D eigenvalue weighted by Crippen LogP contribution is 2.29. The number of pyridine rings is 1. The molecule has 0 atom stereocenters. The average molecular weight is 349 g/mol. The van der Waals surface area contributed by atoms with Crippen LogP contribution in [0.15, 0.2) is 34.1 Å². The molecule has 0 aliphatic carbocycles. The van der Waals surface area contributed by atoms with Crippen LogP contribution in [-0.4, -0.2) is 21.0 Å². The van der Waals surface area contributed by atoms with Crippen molar-refractivity contribution >= 4 is 44.1 Å². The van der Waals surface area contributed by atoms with Crippen LogP contribution >= 0.6 is 27.3 Å². The molecule has 4 nitrogen and oxygen atoms in total. The molecule has 1 N–H and O–H groups in total. The summed E-state index contributed by atoms with van der Waals surface area (Å²) in [5.74, 6) is -0.969. The zero-order valence-electron chi connectivity index (χ0n) is 10.4. The largest absolute Gasteiger partial charge is 0.478 e. The Kier molecular flexibility index (Phi) is 3.27. The Balaban J connectivity index is 2.35. The number of carboxylic acids is 1. The second-order valence-electron chi connectivity index (χ2n) is 4.25. The standard InChI is InChI=1S/C14H9BrN2O2S/c1-7-16-12(6-20-7)11-5-9(14(18)19)8-3-2-4-10(15)13(8)17-11/h2-6H,1H3,(H,18,19). The Hall–Kier alpha value is -1.79. The number of aromatic carboxylic acids is 1. The first-order valence-corrected chi connectivity index (χ1v) is 7.48. The molecular weight excluding hydrogens is 340 g/mol. The molecule has 0 aliphatic heterocycles. The molecule has 0 spiro atoms. The van der Waals surface area contributed by atoms with Gasteiger partial charge in [0.2, 0.25) is 0 Å². The van der Waals surface area contributed by atoms with Gasteiger partial charge in [-0.3, -0.25) is 0 Å². The van der Waals surface area contributed by atoms with Crippen LogP contribution in [0.4, 0.5) is 0 Å². The molecule has 0 amide bonds. The lowest BCUT2D eigenvalue weighted by atomic mass is 10.1. The highest BCUT2D eigenvalue weighted by molar-refractivity contribution is 9.10. The number of para-hydroxylation sites is 1. The van der Waals surface area contributed by atoms with Gasteiger partial charge in [-0.2, -0.15) is 0 Å². The summed E-state index contributed by atoms with van der Waals surface area (Å²) in [6.45, 7) is 1.91. The monoisotopic (exact) mass is 348 g/mol. The number of nitrogens with zero attached hydrogens (tertiary/aromatic N) is 2. The third kappa shape index (κ3) is 2.21. The zero-order valence-corrected chi connectivity index (χ0v) is 12.8. The summed E-state index contributed by atoms with van der Waals surface area (Å²) in [5, 5.41) is 12.8. The number of benzene rings is 1. The molecule has 2 aromatic heterocycles. The number of hydrogen-bond acceptors (Lipinski definition) is 4. The molecule has 0 radical (unpaired) electrons. The predicted octanol–water partition coefficient (Wildman–Crippen LogP) is 4.13. The number of thiazole rings is 1. The maximum absolute atomic E-state index is 11.5. The molecule has 1 aromatic carbocycles. The summed E-state index contributed by atoms with van der Waals surface area (Å²) in [5.41, 5.74) is 2.14. The van der Waals surface area contributed by atoms with Crippen LogP contribution in [0.1, 0.15) is 15.4 Å². The summed E-state index contributed by atoms with van der Waals surface area (Å²) in [6, 6.07) is 6.97. The summed E-state index contributed by atoms with van der Waals surface area (Å²) in [4.78, 5) is 20.4. The Bertz CT molecular complexity index is 829. The van der Waals surface area contributed by atoms with E-state index in [1.807, 2.05) is 18.4 Å². The fourth-order valence-corrected chi connectivity index (χ4v) is 3.06. The molecule has 3 rings (SSSR count). The third-order valence-electron chi connectivity index (χ3n) is 2.90. The molecule has 100 valence electrons. The number of halogens is 1. The number of carboxylic acid groups (broad SMARTS) is 1. The summed E-state index contributed by atoms with van der Waals surface area (Å²) in [7, 11) is 0. The van der Waals surface area contributed by atoms with E-state index in [4.69, 9.17) is 0 Å². The molecule has 0 bridgehead atoms. The van der Waals surface area contributed by atoms with Gasteiger partial charge in [0.15, 0.2) is 0 Å². The van der Waals surface area contributed by atoms with E-state index in [9.17, 15) is 9.90 Å². The first kappa shape index (κ1) is 13.2. The van der Waals surface area contributed by atoms with Crippen molar-refractivity contribution in [3.8, 4) is 11.4 Å². The van der Waals surface area contributed by atoms with Gasteiger partial charge in [0.1, 0.15) is 0 Å². The quantitative estimate of drug-likeness (QED) is 0.756. The van der Waals surface area contributed by atoms with Crippen molar-refractivity contribution in [1.82, 2.24) is 9.97 Å². The third-order valence-corrected chi connectivity index (χ3v) is 4.32. The van der Waals surface area contributed by atoms with Crippen LogP contribution in [-0.2, 0) is 0 Å². The van der Waals surface area contributed by atoms with Gasteiger partial charge in [-0.25, -0.2) is 14.8 Å². The van der Waals surface area contributed by atoms with Crippen LogP contribution < -0.4 is 0 Å². The van der Waals surface area contributed by atoms with E-state index in [2.05, 4.69) is 25.9 Å². The number of fused-ring (bicyclic) bond motifs is 1. The average Bonchev–Trinajstić information content (AvgIpc) is 2.85. The minimum atomic E-state index is -0.969. The lowest BCUT2D eigenvalue weighted by molar-refractivity contribution is 0.0699. The predicted molar refractivity (Wildman–Crippen MR) is 82.2 cm³/mol. The van der Waals surface area contributed by atoms with E-state index in [0.29, 0.717) is 22.3 Å². The number of aryl methyl sites for hydroxylation is 1. The Morgan fingerprint density at radius 2 is 2.10 bits per heavy atom. The minimum absolute atomic E-state index is 0.233. The van der Waals surface area contributed by atoms with E-state index in [1.165, 1.54) is 11.3 Å². The topological polar surface area (TPSA) is 63.1 Å². The lowest BCUT2D eigenvalue weighted by Crippen LogP contribution is -2.00. The Morgan fingerprint density at radius 1 is 1.30 bits per heavy atom. The van der Waals surface area contributed by atoms with Gasteiger partial charge in [0.25, 0.3) is 0 Å². The Morgan fingerprint density at radius 3 is 2.75 bits per heavy atom. The molecule has 6 heteroatoms. The van der Waals surface area contributed by atoms with Gasteiger partial charge < -0.3 is 5.11 Å². The molecule has 0 unspecified atom stereocenters. The van der Waals surface area contributed by atoms with Crippen LogP contribution in [0.2, 0.25) is 0 Å². The van der Waals surface area contributed by atoms with Crippen LogP contribution in [0.3, 0.4) is 0 Å². The van der Waals surface area contributed by atoms with E-state index >= 15 is 0 Å². The molecule has 0 saturated heterocycles. The first-order valence-electron chi connectivity index (χ1n) is 5.81. The van der Waals surface area contributed by atoms with Crippen molar-refractivity contribution in [3.05, 3.63) is 44.7 Å². The smallest absolute Gasteiger partial charge is 0.336 e. The van der Waals surface area contributed by atoms with E-state index in [0.717, 1.165) is 9.48 Å². The zero-order chi connectivity index (χ0) is 14.3. The molecule has 20 heavy (non-hydrogen) atoms. The highest BCUT2D eigenvalue weighted by atomic mass is 79.9. The fraction of sp³-hybridized carbons (Fsp3) is 0.0714. The molecule has 3 aromatic rings.